The zero-order valence-electron chi connectivity index (χ0n) is 22.7. The van der Waals surface area contributed by atoms with Crippen LogP contribution >= 0.6 is 0 Å². The molecule has 1 heterocycles. The third-order valence-electron chi connectivity index (χ3n) is 8.27. The summed E-state index contributed by atoms with van der Waals surface area (Å²) >= 11 is 0. The molecule has 2 fully saturated rings. The van der Waals surface area contributed by atoms with Crippen molar-refractivity contribution in [2.75, 3.05) is 6.54 Å². The first-order valence-electron chi connectivity index (χ1n) is 14.0. The van der Waals surface area contributed by atoms with E-state index in [1.165, 1.54) is 18.4 Å². The highest BCUT2D eigenvalue weighted by Crippen LogP contribution is 2.48. The summed E-state index contributed by atoms with van der Waals surface area (Å²) in [6, 6.07) is 15.8. The fourth-order valence-electron chi connectivity index (χ4n) is 6.60. The zero-order valence-corrected chi connectivity index (χ0v) is 22.7. The van der Waals surface area contributed by atoms with Gasteiger partial charge in [0.15, 0.2) is 0 Å². The molecular formula is C31H39N5O2. The van der Waals surface area contributed by atoms with Crippen molar-refractivity contribution in [2.24, 2.45) is 22.6 Å². The molecule has 0 bridgehead atoms. The highest BCUT2D eigenvalue weighted by molar-refractivity contribution is 6.46. The minimum Gasteiger partial charge on any atom is -0.386 e. The molecule has 2 amide bonds. The Morgan fingerprint density at radius 3 is 2.29 bits per heavy atom. The maximum absolute atomic E-state index is 14.2. The fraction of sp³-hybridized carbons (Fsp3) is 0.484. The predicted molar refractivity (Wildman–Crippen MR) is 150 cm³/mol. The lowest BCUT2D eigenvalue weighted by atomic mass is 9.75. The van der Waals surface area contributed by atoms with Crippen molar-refractivity contribution >= 4 is 23.4 Å². The Kier molecular flexibility index (Phi) is 7.12. The van der Waals surface area contributed by atoms with Crippen LogP contribution in [0.25, 0.3) is 0 Å². The van der Waals surface area contributed by atoms with Crippen LogP contribution in [0, 0.1) is 17.2 Å². The van der Waals surface area contributed by atoms with Crippen molar-refractivity contribution < 1.29 is 9.59 Å². The van der Waals surface area contributed by atoms with Crippen LogP contribution in [0.15, 0.2) is 53.5 Å². The van der Waals surface area contributed by atoms with Crippen LogP contribution in [0.3, 0.4) is 0 Å². The van der Waals surface area contributed by atoms with Crippen molar-refractivity contribution in [3.8, 4) is 0 Å². The third kappa shape index (κ3) is 5.11. The number of carbonyl (C=O) groups excluding carboxylic acids is 2. The van der Waals surface area contributed by atoms with Crippen molar-refractivity contribution in [1.82, 2.24) is 10.2 Å². The van der Waals surface area contributed by atoms with Gasteiger partial charge in [-0.2, -0.15) is 0 Å². The molecule has 2 aliphatic carbocycles. The van der Waals surface area contributed by atoms with E-state index < -0.39 is 5.66 Å². The first-order valence-corrected chi connectivity index (χ1v) is 14.0. The molecule has 2 saturated carbocycles. The third-order valence-corrected chi connectivity index (χ3v) is 8.27. The van der Waals surface area contributed by atoms with Gasteiger partial charge in [0.05, 0.1) is 12.6 Å². The van der Waals surface area contributed by atoms with E-state index in [2.05, 4.69) is 55.3 Å². The second-order valence-electron chi connectivity index (χ2n) is 11.6. The van der Waals surface area contributed by atoms with Gasteiger partial charge in [-0.25, -0.2) is 0 Å². The molecule has 38 heavy (non-hydrogen) atoms. The Morgan fingerprint density at radius 2 is 1.74 bits per heavy atom. The van der Waals surface area contributed by atoms with E-state index in [1.807, 2.05) is 12.1 Å². The minimum atomic E-state index is -0.559. The maximum atomic E-state index is 14.2. The van der Waals surface area contributed by atoms with Gasteiger partial charge >= 0.3 is 0 Å². The lowest BCUT2D eigenvalue weighted by molar-refractivity contribution is -0.134. The summed E-state index contributed by atoms with van der Waals surface area (Å²) < 4.78 is 0. The molecule has 0 radical (unpaired) electrons. The molecule has 7 nitrogen and oxygen atoms in total. The summed E-state index contributed by atoms with van der Waals surface area (Å²) in [6.45, 7) is 6.67. The zero-order chi connectivity index (χ0) is 27.0. The van der Waals surface area contributed by atoms with Gasteiger partial charge in [-0.05, 0) is 79.5 Å². The highest BCUT2D eigenvalue weighted by Gasteiger charge is 2.52. The number of nitrogens with two attached hydrogens (primary N) is 1. The molecule has 1 spiro atoms. The van der Waals surface area contributed by atoms with Crippen LogP contribution in [0.1, 0.15) is 98.3 Å². The number of nitrogens with zero attached hydrogens (tertiary/aromatic N) is 2. The van der Waals surface area contributed by atoms with E-state index in [0.717, 1.165) is 36.8 Å². The standard InChI is InChI=1S/C31H39N5O2/c1-4-26(23-9-13-25(14-10-23)29(37)34-18-27(32)33)36-30(38)28(24-11-7-22(8-12-24)21-5-6-21)35-31(36)16-19(2)15-20(3)17-31/h7-14,19-21,26H,4-6,15-18H2,1-3H3,(H3,32,33)(H,34,37). The van der Waals surface area contributed by atoms with Crippen LogP contribution < -0.4 is 11.1 Å². The Labute approximate surface area is 225 Å². The first-order chi connectivity index (χ1) is 18.2. The Hall–Kier alpha value is -3.48. The number of hydrogen-bond donors (Lipinski definition) is 3. The molecule has 7 heteroatoms. The van der Waals surface area contributed by atoms with E-state index in [0.29, 0.717) is 29.0 Å². The van der Waals surface area contributed by atoms with Gasteiger partial charge in [-0.15, -0.1) is 0 Å². The average molecular weight is 514 g/mol. The maximum Gasteiger partial charge on any atom is 0.275 e. The molecule has 2 aromatic rings. The second-order valence-corrected chi connectivity index (χ2v) is 11.6. The summed E-state index contributed by atoms with van der Waals surface area (Å²) in [5.74, 6) is 1.25. The number of nitrogens with one attached hydrogen (secondary N) is 2. The Morgan fingerprint density at radius 1 is 1.11 bits per heavy atom. The quantitative estimate of drug-likeness (QED) is 0.335. The topological polar surface area (TPSA) is 112 Å². The van der Waals surface area contributed by atoms with Gasteiger partial charge in [0.25, 0.3) is 11.8 Å². The molecule has 2 aromatic carbocycles. The Bertz CT molecular complexity index is 1240. The molecule has 1 aliphatic heterocycles. The van der Waals surface area contributed by atoms with E-state index in [4.69, 9.17) is 16.1 Å². The molecule has 3 atom stereocenters. The number of amidine groups is 1. The number of amides is 2. The fourth-order valence-corrected chi connectivity index (χ4v) is 6.60. The van der Waals surface area contributed by atoms with E-state index in [1.54, 1.807) is 12.1 Å². The van der Waals surface area contributed by atoms with Crippen molar-refractivity contribution in [1.29, 1.82) is 5.41 Å². The number of benzene rings is 2. The van der Waals surface area contributed by atoms with Gasteiger partial charge in [-0.3, -0.25) is 20.0 Å². The SMILES string of the molecule is CCC(c1ccc(C(=O)NCC(=N)N)cc1)N1C(=O)C(c2ccc(C3CC3)cc2)=NC12CC(C)CC(C)C2. The number of carbonyl (C=O) groups is 2. The summed E-state index contributed by atoms with van der Waals surface area (Å²) in [4.78, 5) is 34.0. The van der Waals surface area contributed by atoms with E-state index >= 15 is 0 Å². The lowest BCUT2D eigenvalue weighted by Gasteiger charge is -2.47. The van der Waals surface area contributed by atoms with Gasteiger partial charge in [-0.1, -0.05) is 57.2 Å². The highest BCUT2D eigenvalue weighted by atomic mass is 16.2. The first kappa shape index (κ1) is 26.1. The summed E-state index contributed by atoms with van der Waals surface area (Å²) in [7, 11) is 0. The Balaban J connectivity index is 1.47. The van der Waals surface area contributed by atoms with Crippen LogP contribution in [0.5, 0.6) is 0 Å². The lowest BCUT2D eigenvalue weighted by Crippen LogP contribution is -2.52. The van der Waals surface area contributed by atoms with Gasteiger partial charge in [0, 0.05) is 11.1 Å². The van der Waals surface area contributed by atoms with Crippen LogP contribution in [0.4, 0.5) is 0 Å². The van der Waals surface area contributed by atoms with Crippen LogP contribution in [-0.4, -0.2) is 40.5 Å². The monoisotopic (exact) mass is 513 g/mol. The molecule has 3 unspecified atom stereocenters. The average Bonchev–Trinajstić information content (AvgIpc) is 3.70. The number of aliphatic imine (C=N–C) groups is 1. The van der Waals surface area contributed by atoms with Gasteiger partial charge < -0.3 is 16.0 Å². The number of rotatable bonds is 8. The van der Waals surface area contributed by atoms with E-state index in [9.17, 15) is 9.59 Å². The molecular weight excluding hydrogens is 474 g/mol. The summed E-state index contributed by atoms with van der Waals surface area (Å²) in [5, 5.41) is 9.97. The van der Waals surface area contributed by atoms with Crippen LogP contribution in [0.2, 0.25) is 0 Å². The van der Waals surface area contributed by atoms with Gasteiger partial charge in [0.2, 0.25) is 0 Å². The molecule has 4 N–H and O–H groups in total. The minimum absolute atomic E-state index is 0.000555. The van der Waals surface area contributed by atoms with Crippen LogP contribution in [-0.2, 0) is 4.79 Å². The molecule has 3 aliphatic rings. The predicted octanol–water partition coefficient (Wildman–Crippen LogP) is 5.16. The molecule has 0 aromatic heterocycles. The van der Waals surface area contributed by atoms with Gasteiger partial charge in [0.1, 0.15) is 17.2 Å². The number of hydrogen-bond acceptors (Lipinski definition) is 4. The molecule has 5 rings (SSSR count). The summed E-state index contributed by atoms with van der Waals surface area (Å²) in [6.07, 6.45) is 6.10. The van der Waals surface area contributed by atoms with Crippen molar-refractivity contribution in [3.63, 3.8) is 0 Å². The molecule has 0 saturated heterocycles. The molecule has 200 valence electrons. The van der Waals surface area contributed by atoms with Crippen molar-refractivity contribution in [2.45, 2.75) is 76.9 Å². The normalized spacial score (nSPS) is 25.8. The summed E-state index contributed by atoms with van der Waals surface area (Å²) in [5.41, 5.74) is 9.13. The van der Waals surface area contributed by atoms with E-state index in [-0.39, 0.29) is 30.2 Å². The second kappa shape index (κ2) is 10.4. The van der Waals surface area contributed by atoms with Crippen molar-refractivity contribution in [3.05, 3.63) is 70.8 Å². The largest absolute Gasteiger partial charge is 0.386 e. The smallest absolute Gasteiger partial charge is 0.275 e.